The van der Waals surface area contributed by atoms with Gasteiger partial charge in [0.25, 0.3) is 0 Å². The summed E-state index contributed by atoms with van der Waals surface area (Å²) in [5.41, 5.74) is 7.85. The summed E-state index contributed by atoms with van der Waals surface area (Å²) in [6, 6.07) is 8.31. The molecular formula is C12H19N3. The van der Waals surface area contributed by atoms with Crippen LogP contribution >= 0.6 is 0 Å². The Hall–Kier alpha value is -1.51. The lowest BCUT2D eigenvalue weighted by molar-refractivity contribution is 0.777. The van der Waals surface area contributed by atoms with Crippen molar-refractivity contribution in [3.63, 3.8) is 0 Å². The smallest absolute Gasteiger partial charge is 0.185 e. The van der Waals surface area contributed by atoms with Crippen molar-refractivity contribution in [3.05, 3.63) is 35.4 Å². The van der Waals surface area contributed by atoms with Crippen molar-refractivity contribution < 1.29 is 0 Å². The van der Waals surface area contributed by atoms with Gasteiger partial charge in [-0.25, -0.2) is 0 Å². The lowest BCUT2D eigenvalue weighted by Crippen LogP contribution is -2.29. The normalized spacial score (nSPS) is 9.93. The van der Waals surface area contributed by atoms with Crippen molar-refractivity contribution >= 4 is 5.96 Å². The quantitative estimate of drug-likeness (QED) is 0.508. The largest absolute Gasteiger partial charge is 0.370 e. The van der Waals surface area contributed by atoms with Gasteiger partial charge >= 0.3 is 0 Å². The number of unbranched alkanes of at least 4 members (excludes halogenated alkanes) is 1. The molecule has 0 amide bonds. The summed E-state index contributed by atoms with van der Waals surface area (Å²) in [5, 5.41) is 9.96. The molecule has 0 heterocycles. The van der Waals surface area contributed by atoms with Crippen LogP contribution in [0.15, 0.2) is 24.3 Å². The number of nitrogens with two attached hydrogens (primary N) is 1. The van der Waals surface area contributed by atoms with E-state index in [-0.39, 0.29) is 5.96 Å². The van der Waals surface area contributed by atoms with Crippen molar-refractivity contribution in [1.29, 1.82) is 5.41 Å². The van der Waals surface area contributed by atoms with Crippen molar-refractivity contribution in [1.82, 2.24) is 5.32 Å². The number of hydrogen-bond donors (Lipinski definition) is 3. The van der Waals surface area contributed by atoms with Crippen LogP contribution in [0.25, 0.3) is 0 Å². The molecule has 0 aliphatic rings. The van der Waals surface area contributed by atoms with E-state index in [0.717, 1.165) is 6.42 Å². The van der Waals surface area contributed by atoms with E-state index in [1.807, 2.05) is 6.07 Å². The molecule has 0 aliphatic carbocycles. The highest BCUT2D eigenvalue weighted by Gasteiger charge is 2.00. The van der Waals surface area contributed by atoms with E-state index in [1.54, 1.807) is 0 Å². The monoisotopic (exact) mass is 205 g/mol. The highest BCUT2D eigenvalue weighted by molar-refractivity contribution is 5.74. The van der Waals surface area contributed by atoms with E-state index >= 15 is 0 Å². The lowest BCUT2D eigenvalue weighted by Gasteiger charge is -2.09. The first-order valence-corrected chi connectivity index (χ1v) is 5.38. The number of aryl methyl sites for hydroxylation is 1. The van der Waals surface area contributed by atoms with Gasteiger partial charge in [0, 0.05) is 6.54 Å². The Kier molecular flexibility index (Phi) is 4.68. The summed E-state index contributed by atoms with van der Waals surface area (Å²) in [6.07, 6.45) is 3.51. The van der Waals surface area contributed by atoms with Crippen LogP contribution < -0.4 is 11.1 Å². The van der Waals surface area contributed by atoms with Gasteiger partial charge < -0.3 is 11.1 Å². The summed E-state index contributed by atoms with van der Waals surface area (Å²) in [4.78, 5) is 0. The molecule has 3 nitrogen and oxygen atoms in total. The minimum atomic E-state index is 0.0281. The molecule has 3 heteroatoms. The molecule has 82 valence electrons. The van der Waals surface area contributed by atoms with Crippen LogP contribution in [-0.2, 0) is 13.0 Å². The number of hydrogen-bond acceptors (Lipinski definition) is 1. The molecule has 0 saturated carbocycles. The summed E-state index contributed by atoms with van der Waals surface area (Å²) < 4.78 is 0. The van der Waals surface area contributed by atoms with Crippen molar-refractivity contribution in [3.8, 4) is 0 Å². The van der Waals surface area contributed by atoms with Gasteiger partial charge in [-0.1, -0.05) is 37.6 Å². The molecule has 0 saturated heterocycles. The third-order valence-electron chi connectivity index (χ3n) is 2.39. The molecular weight excluding hydrogens is 186 g/mol. The van der Waals surface area contributed by atoms with Gasteiger partial charge in [-0.2, -0.15) is 0 Å². The van der Waals surface area contributed by atoms with E-state index in [1.165, 1.54) is 24.0 Å². The molecule has 0 spiro atoms. The Bertz CT molecular complexity index is 320. The maximum atomic E-state index is 7.12. The van der Waals surface area contributed by atoms with Crippen molar-refractivity contribution in [2.45, 2.75) is 32.7 Å². The molecule has 0 bridgehead atoms. The van der Waals surface area contributed by atoms with Crippen molar-refractivity contribution in [2.24, 2.45) is 5.73 Å². The third kappa shape index (κ3) is 4.02. The van der Waals surface area contributed by atoms with E-state index in [9.17, 15) is 0 Å². The number of nitrogens with one attached hydrogen (secondary N) is 2. The van der Waals surface area contributed by atoms with Gasteiger partial charge in [0.2, 0.25) is 0 Å². The molecule has 1 aromatic carbocycles. The number of benzene rings is 1. The predicted molar refractivity (Wildman–Crippen MR) is 63.8 cm³/mol. The van der Waals surface area contributed by atoms with E-state index < -0.39 is 0 Å². The van der Waals surface area contributed by atoms with Crippen LogP contribution in [-0.4, -0.2) is 5.96 Å². The molecule has 1 rings (SSSR count). The molecule has 0 unspecified atom stereocenters. The summed E-state index contributed by atoms with van der Waals surface area (Å²) in [5.74, 6) is 0.0281. The fraction of sp³-hybridized carbons (Fsp3) is 0.417. The summed E-state index contributed by atoms with van der Waals surface area (Å²) in [7, 11) is 0. The fourth-order valence-corrected chi connectivity index (χ4v) is 1.53. The number of rotatable bonds is 5. The second-order valence-corrected chi connectivity index (χ2v) is 3.64. The van der Waals surface area contributed by atoms with Crippen LogP contribution in [0, 0.1) is 5.41 Å². The van der Waals surface area contributed by atoms with Gasteiger partial charge in [0.1, 0.15) is 0 Å². The number of guanidine groups is 1. The van der Waals surface area contributed by atoms with Gasteiger partial charge in [-0.15, -0.1) is 0 Å². The maximum Gasteiger partial charge on any atom is 0.185 e. The Morgan fingerprint density at radius 1 is 1.33 bits per heavy atom. The first kappa shape index (κ1) is 11.6. The molecule has 0 radical (unpaired) electrons. The zero-order valence-corrected chi connectivity index (χ0v) is 9.22. The molecule has 4 N–H and O–H groups in total. The first-order chi connectivity index (χ1) is 7.24. The average molecular weight is 205 g/mol. The zero-order chi connectivity index (χ0) is 11.1. The zero-order valence-electron chi connectivity index (χ0n) is 9.22. The van der Waals surface area contributed by atoms with Crippen LogP contribution in [0.4, 0.5) is 0 Å². The summed E-state index contributed by atoms with van der Waals surface area (Å²) in [6.45, 7) is 2.84. The van der Waals surface area contributed by atoms with Crippen LogP contribution in [0.2, 0.25) is 0 Å². The highest BCUT2D eigenvalue weighted by Crippen LogP contribution is 2.11. The van der Waals surface area contributed by atoms with Gasteiger partial charge in [0.05, 0.1) is 0 Å². The Morgan fingerprint density at radius 3 is 2.60 bits per heavy atom. The molecule has 0 atom stereocenters. The molecule has 0 aromatic heterocycles. The second-order valence-electron chi connectivity index (χ2n) is 3.64. The Labute approximate surface area is 91.2 Å². The third-order valence-corrected chi connectivity index (χ3v) is 2.39. The topological polar surface area (TPSA) is 61.9 Å². The minimum Gasteiger partial charge on any atom is -0.370 e. The van der Waals surface area contributed by atoms with Crippen molar-refractivity contribution in [2.75, 3.05) is 0 Å². The predicted octanol–water partition coefficient (Wildman–Crippen LogP) is 2.01. The SMILES string of the molecule is CCCCc1ccccc1CNC(=N)N. The molecule has 0 aliphatic heterocycles. The first-order valence-electron chi connectivity index (χ1n) is 5.38. The molecule has 0 fully saturated rings. The second kappa shape index (κ2) is 6.06. The molecule has 15 heavy (non-hydrogen) atoms. The Balaban J connectivity index is 2.63. The Morgan fingerprint density at radius 2 is 2.00 bits per heavy atom. The van der Waals surface area contributed by atoms with Crippen LogP contribution in [0.3, 0.4) is 0 Å². The van der Waals surface area contributed by atoms with Gasteiger partial charge in [-0.3, -0.25) is 5.41 Å². The average Bonchev–Trinajstić information content (AvgIpc) is 2.24. The van der Waals surface area contributed by atoms with Gasteiger partial charge in [0.15, 0.2) is 5.96 Å². The minimum absolute atomic E-state index is 0.0281. The highest BCUT2D eigenvalue weighted by atomic mass is 15.0. The van der Waals surface area contributed by atoms with E-state index in [0.29, 0.717) is 6.54 Å². The maximum absolute atomic E-state index is 7.12. The van der Waals surface area contributed by atoms with Crippen LogP contribution in [0.1, 0.15) is 30.9 Å². The van der Waals surface area contributed by atoms with Crippen LogP contribution in [0.5, 0.6) is 0 Å². The molecule has 1 aromatic rings. The fourth-order valence-electron chi connectivity index (χ4n) is 1.53. The van der Waals surface area contributed by atoms with Gasteiger partial charge in [-0.05, 0) is 24.0 Å². The summed E-state index contributed by atoms with van der Waals surface area (Å²) >= 11 is 0. The standard InChI is InChI=1S/C12H19N3/c1-2-3-6-10-7-4-5-8-11(10)9-15-12(13)14/h4-5,7-8H,2-3,6,9H2,1H3,(H4,13,14,15). The van der Waals surface area contributed by atoms with E-state index in [2.05, 4.69) is 30.4 Å². The lowest BCUT2D eigenvalue weighted by atomic mass is 10.0. The van der Waals surface area contributed by atoms with E-state index in [4.69, 9.17) is 11.1 Å².